The number of aromatic amines is 1. The Kier molecular flexibility index (Phi) is 2.83. The van der Waals surface area contributed by atoms with Crippen molar-refractivity contribution in [1.29, 1.82) is 0 Å². The van der Waals surface area contributed by atoms with Crippen molar-refractivity contribution in [3.8, 4) is 11.1 Å². The highest BCUT2D eigenvalue weighted by Gasteiger charge is 2.45. The van der Waals surface area contributed by atoms with E-state index in [1.54, 1.807) is 12.5 Å². The van der Waals surface area contributed by atoms with Crippen LogP contribution in [0.1, 0.15) is 24.8 Å². The number of benzene rings is 1. The summed E-state index contributed by atoms with van der Waals surface area (Å²) in [5, 5.41) is 1.05. The largest absolute Gasteiger partial charge is 0.464 e. The molecule has 3 aromatic rings. The Bertz CT molecular complexity index is 912. The zero-order valence-electron chi connectivity index (χ0n) is 12.3. The molecule has 0 unspecified atom stereocenters. The third-order valence-corrected chi connectivity index (χ3v) is 4.64. The molecule has 110 valence electrons. The maximum absolute atomic E-state index is 12.1. The second-order valence-corrected chi connectivity index (χ2v) is 6.05. The monoisotopic (exact) mass is 291 g/mol. The highest BCUT2D eigenvalue weighted by molar-refractivity contribution is 5.87. The Balaban J connectivity index is 1.97. The van der Waals surface area contributed by atoms with Gasteiger partial charge in [0.05, 0.1) is 6.26 Å². The number of hydrogen-bond acceptors (Lipinski definition) is 2. The van der Waals surface area contributed by atoms with E-state index in [0.717, 1.165) is 35.8 Å². The molecule has 1 N–H and O–H groups in total. The van der Waals surface area contributed by atoms with E-state index in [2.05, 4.69) is 17.6 Å². The van der Waals surface area contributed by atoms with Crippen molar-refractivity contribution >= 4 is 11.0 Å². The average molecular weight is 291 g/mol. The zero-order chi connectivity index (χ0) is 15.2. The number of pyridine rings is 1. The number of furan rings is 1. The molecular weight excluding hydrogens is 274 g/mol. The number of allylic oxidation sites excluding steroid dienone is 1. The van der Waals surface area contributed by atoms with Crippen LogP contribution < -0.4 is 5.56 Å². The van der Waals surface area contributed by atoms with Gasteiger partial charge in [-0.1, -0.05) is 6.08 Å². The van der Waals surface area contributed by atoms with Crippen LogP contribution in [0.25, 0.3) is 22.1 Å². The molecule has 2 aromatic heterocycles. The second-order valence-electron chi connectivity index (χ2n) is 6.05. The van der Waals surface area contributed by atoms with Gasteiger partial charge in [-0.3, -0.25) is 4.79 Å². The van der Waals surface area contributed by atoms with Crippen molar-refractivity contribution in [3.05, 3.63) is 71.4 Å². The van der Waals surface area contributed by atoms with E-state index < -0.39 is 0 Å². The van der Waals surface area contributed by atoms with Gasteiger partial charge in [0.2, 0.25) is 0 Å². The topological polar surface area (TPSA) is 46.0 Å². The minimum absolute atomic E-state index is 0.0649. The van der Waals surface area contributed by atoms with Crippen LogP contribution in [0.15, 0.2) is 64.7 Å². The van der Waals surface area contributed by atoms with Crippen molar-refractivity contribution in [3.63, 3.8) is 0 Å². The van der Waals surface area contributed by atoms with Gasteiger partial charge in [0.25, 0.3) is 5.56 Å². The lowest BCUT2D eigenvalue weighted by Gasteiger charge is -2.15. The van der Waals surface area contributed by atoms with Crippen molar-refractivity contribution in [2.24, 2.45) is 0 Å². The molecule has 1 aliphatic carbocycles. The molecule has 0 bridgehead atoms. The number of fused-ring (bicyclic) bond motifs is 1. The van der Waals surface area contributed by atoms with E-state index in [9.17, 15) is 4.79 Å². The minimum atomic E-state index is -0.0649. The Hall–Kier alpha value is -2.55. The van der Waals surface area contributed by atoms with Crippen LogP contribution in [-0.4, -0.2) is 4.98 Å². The maximum Gasteiger partial charge on any atom is 0.255 e. The third-order valence-electron chi connectivity index (χ3n) is 4.64. The number of rotatable bonds is 4. The normalized spacial score (nSPS) is 15.8. The zero-order valence-corrected chi connectivity index (χ0v) is 12.3. The number of nitrogens with one attached hydrogen (secondary N) is 1. The Morgan fingerprint density at radius 3 is 2.91 bits per heavy atom. The van der Waals surface area contributed by atoms with Gasteiger partial charge in [-0.2, -0.15) is 0 Å². The van der Waals surface area contributed by atoms with Gasteiger partial charge >= 0.3 is 0 Å². The maximum atomic E-state index is 12.1. The first-order valence-electron chi connectivity index (χ1n) is 7.54. The summed E-state index contributed by atoms with van der Waals surface area (Å²) in [6.07, 6.45) is 8.58. The van der Waals surface area contributed by atoms with Crippen molar-refractivity contribution in [2.45, 2.75) is 24.7 Å². The van der Waals surface area contributed by atoms with Gasteiger partial charge in [-0.05, 0) is 55.2 Å². The van der Waals surface area contributed by atoms with Crippen LogP contribution in [0.2, 0.25) is 0 Å². The molecule has 4 rings (SSSR count). The number of aromatic nitrogens is 1. The molecule has 0 saturated heterocycles. The van der Waals surface area contributed by atoms with E-state index in [-0.39, 0.29) is 11.0 Å². The van der Waals surface area contributed by atoms with Crippen LogP contribution in [0.3, 0.4) is 0 Å². The number of H-pyrrole nitrogens is 1. The van der Waals surface area contributed by atoms with Crippen LogP contribution >= 0.6 is 0 Å². The van der Waals surface area contributed by atoms with Crippen molar-refractivity contribution < 1.29 is 4.42 Å². The molecule has 1 aliphatic rings. The fourth-order valence-corrected chi connectivity index (χ4v) is 3.29. The van der Waals surface area contributed by atoms with E-state index in [1.807, 2.05) is 30.3 Å². The molecular formula is C19H17NO2. The van der Waals surface area contributed by atoms with E-state index in [4.69, 9.17) is 4.42 Å². The molecule has 22 heavy (non-hydrogen) atoms. The van der Waals surface area contributed by atoms with Crippen LogP contribution in [0.5, 0.6) is 0 Å². The summed E-state index contributed by atoms with van der Waals surface area (Å²) in [6.45, 7) is 3.89. The Morgan fingerprint density at radius 2 is 2.18 bits per heavy atom. The fraction of sp³-hybridized carbons (Fsp3) is 0.211. The molecule has 0 radical (unpaired) electrons. The van der Waals surface area contributed by atoms with Gasteiger partial charge in [0.15, 0.2) is 0 Å². The quantitative estimate of drug-likeness (QED) is 0.724. The van der Waals surface area contributed by atoms with Gasteiger partial charge in [0.1, 0.15) is 5.58 Å². The summed E-state index contributed by atoms with van der Waals surface area (Å²) < 4.78 is 5.72. The minimum Gasteiger partial charge on any atom is -0.464 e. The first kappa shape index (κ1) is 13.1. The summed E-state index contributed by atoms with van der Waals surface area (Å²) in [6, 6.07) is 9.82. The van der Waals surface area contributed by atoms with Crippen molar-refractivity contribution in [1.82, 2.24) is 4.98 Å². The van der Waals surface area contributed by atoms with Crippen LogP contribution in [-0.2, 0) is 5.41 Å². The molecule has 3 heteroatoms. The Labute approximate surface area is 128 Å². The Morgan fingerprint density at radius 1 is 1.32 bits per heavy atom. The second kappa shape index (κ2) is 4.73. The van der Waals surface area contributed by atoms with Gasteiger partial charge < -0.3 is 9.40 Å². The SMILES string of the molecule is C=CCC1(c2cc(-c3ccc[nH]c3=O)cc3ccoc23)CC1. The smallest absolute Gasteiger partial charge is 0.255 e. The molecule has 0 spiro atoms. The lowest BCUT2D eigenvalue weighted by Crippen LogP contribution is -2.09. The highest BCUT2D eigenvalue weighted by Crippen LogP contribution is 2.53. The van der Waals surface area contributed by atoms with Crippen LogP contribution in [0.4, 0.5) is 0 Å². The van der Waals surface area contributed by atoms with Gasteiger partial charge in [0, 0.05) is 28.1 Å². The van der Waals surface area contributed by atoms with Crippen molar-refractivity contribution in [2.75, 3.05) is 0 Å². The van der Waals surface area contributed by atoms with Gasteiger partial charge in [-0.15, -0.1) is 6.58 Å². The molecule has 0 amide bonds. The molecule has 2 heterocycles. The van der Waals surface area contributed by atoms with Gasteiger partial charge in [-0.25, -0.2) is 0 Å². The predicted octanol–water partition coefficient (Wildman–Crippen LogP) is 4.40. The summed E-state index contributed by atoms with van der Waals surface area (Å²) in [5.41, 5.74) is 3.85. The summed E-state index contributed by atoms with van der Waals surface area (Å²) in [4.78, 5) is 14.8. The molecule has 1 saturated carbocycles. The summed E-state index contributed by atoms with van der Waals surface area (Å²) in [7, 11) is 0. The number of hydrogen-bond donors (Lipinski definition) is 1. The summed E-state index contributed by atoms with van der Waals surface area (Å²) in [5.74, 6) is 0. The predicted molar refractivity (Wildman–Crippen MR) is 88.0 cm³/mol. The van der Waals surface area contributed by atoms with Crippen LogP contribution in [0, 0.1) is 0 Å². The average Bonchev–Trinajstić information content (AvgIpc) is 3.15. The lowest BCUT2D eigenvalue weighted by atomic mass is 9.88. The molecule has 3 nitrogen and oxygen atoms in total. The summed E-state index contributed by atoms with van der Waals surface area (Å²) >= 11 is 0. The molecule has 1 fully saturated rings. The lowest BCUT2D eigenvalue weighted by molar-refractivity contribution is 0.597. The first-order valence-corrected chi connectivity index (χ1v) is 7.54. The van der Waals surface area contributed by atoms with E-state index in [1.165, 1.54) is 5.56 Å². The standard InChI is InChI=1S/C19H17NO2/c1-2-6-19(7-8-19)16-12-14(11-13-5-10-22-17(13)16)15-4-3-9-20-18(15)21/h2-5,9-12H,1,6-8H2,(H,20,21). The molecule has 0 atom stereocenters. The third kappa shape index (κ3) is 1.93. The van der Waals surface area contributed by atoms with E-state index in [0.29, 0.717) is 5.56 Å². The first-order chi connectivity index (χ1) is 10.7. The van der Waals surface area contributed by atoms with E-state index >= 15 is 0 Å². The molecule has 1 aromatic carbocycles. The molecule has 0 aliphatic heterocycles. The highest BCUT2D eigenvalue weighted by atomic mass is 16.3. The fourth-order valence-electron chi connectivity index (χ4n) is 3.29.